The van der Waals surface area contributed by atoms with Gasteiger partial charge in [0.05, 0.1) is 25.9 Å². The maximum atomic E-state index is 13.1. The molecule has 0 spiro atoms. The van der Waals surface area contributed by atoms with Crippen LogP contribution in [0.15, 0.2) is 48.6 Å². The van der Waals surface area contributed by atoms with Crippen molar-refractivity contribution < 1.29 is 62.8 Å². The summed E-state index contributed by atoms with van der Waals surface area (Å²) in [7, 11) is -4.78. The first-order valence-electron chi connectivity index (χ1n) is 21.9. The van der Waals surface area contributed by atoms with Gasteiger partial charge in [0.15, 0.2) is 6.10 Å². The van der Waals surface area contributed by atoms with Crippen molar-refractivity contribution >= 4 is 37.5 Å². The first kappa shape index (κ1) is 57.7. The SMILES string of the molecule is CCCCC/C=C\C\C=C/C=C/C=C/[C@@H](SC[C@H](N)C(=O)O[C@H](COC(=O)CCCCCCCCCCCC(C)C)COP(=O)(O)OC[C@@H](O)CO)[C@@H](O)CCCC(=O)O. The molecule has 0 saturated carbocycles. The van der Waals surface area contributed by atoms with Crippen molar-refractivity contribution in [2.24, 2.45) is 11.7 Å². The average Bonchev–Trinajstić information content (AvgIpc) is 3.20. The number of rotatable bonds is 40. The number of carbonyl (C=O) groups is 3. The van der Waals surface area contributed by atoms with Crippen molar-refractivity contribution in [2.75, 3.05) is 32.2 Å². The summed E-state index contributed by atoms with van der Waals surface area (Å²) in [5, 5.41) is 37.8. The van der Waals surface area contributed by atoms with Gasteiger partial charge >= 0.3 is 25.7 Å². The van der Waals surface area contributed by atoms with Gasteiger partial charge in [-0.1, -0.05) is 140 Å². The van der Waals surface area contributed by atoms with E-state index >= 15 is 0 Å². The molecule has 0 bridgehead atoms. The molecule has 7 N–H and O–H groups in total. The summed E-state index contributed by atoms with van der Waals surface area (Å²) in [6.45, 7) is 4.03. The van der Waals surface area contributed by atoms with Gasteiger partial charge in [-0.3, -0.25) is 23.4 Å². The molecule has 16 heteroatoms. The van der Waals surface area contributed by atoms with Gasteiger partial charge in [-0.25, -0.2) is 4.57 Å². The van der Waals surface area contributed by atoms with Crippen LogP contribution in [0, 0.1) is 5.92 Å². The lowest BCUT2D eigenvalue weighted by molar-refractivity contribution is -0.161. The molecule has 6 atom stereocenters. The second-order valence-electron chi connectivity index (χ2n) is 15.4. The van der Waals surface area contributed by atoms with Crippen LogP contribution in [0.1, 0.15) is 143 Å². The molecule has 1 unspecified atom stereocenters. The Kier molecular flexibility index (Phi) is 36.9. The van der Waals surface area contributed by atoms with E-state index in [0.29, 0.717) is 6.42 Å². The van der Waals surface area contributed by atoms with E-state index in [1.807, 2.05) is 18.2 Å². The first-order valence-corrected chi connectivity index (χ1v) is 24.4. The molecule has 0 aliphatic heterocycles. The number of carboxylic acid groups (broad SMARTS) is 1. The third-order valence-electron chi connectivity index (χ3n) is 9.16. The van der Waals surface area contributed by atoms with Gasteiger partial charge in [0, 0.05) is 23.8 Å². The van der Waals surface area contributed by atoms with Crippen LogP contribution in [0.2, 0.25) is 0 Å². The number of phosphoric acid groups is 1. The number of hydrogen-bond acceptors (Lipinski definition) is 13. The van der Waals surface area contributed by atoms with Crippen molar-refractivity contribution in [3.8, 4) is 0 Å². The van der Waals surface area contributed by atoms with E-state index in [0.717, 1.165) is 44.4 Å². The second kappa shape index (κ2) is 38.4. The van der Waals surface area contributed by atoms with Gasteiger partial charge in [0.2, 0.25) is 0 Å². The van der Waals surface area contributed by atoms with E-state index in [-0.39, 0.29) is 31.4 Å². The molecule has 0 heterocycles. The molecule has 0 aliphatic carbocycles. The van der Waals surface area contributed by atoms with Crippen LogP contribution in [0.5, 0.6) is 0 Å². The smallest absolute Gasteiger partial charge is 0.472 e. The predicted octanol–water partition coefficient (Wildman–Crippen LogP) is 8.12. The van der Waals surface area contributed by atoms with Gasteiger partial charge in [-0.2, -0.15) is 0 Å². The van der Waals surface area contributed by atoms with Crippen LogP contribution in [0.3, 0.4) is 0 Å². The Morgan fingerprint density at radius 1 is 0.767 bits per heavy atom. The van der Waals surface area contributed by atoms with E-state index in [2.05, 4.69) is 37.4 Å². The van der Waals surface area contributed by atoms with Crippen molar-refractivity contribution in [1.82, 2.24) is 0 Å². The first-order chi connectivity index (χ1) is 28.7. The summed E-state index contributed by atoms with van der Waals surface area (Å²) >= 11 is 1.17. The largest absolute Gasteiger partial charge is 0.481 e. The lowest BCUT2D eigenvalue weighted by Gasteiger charge is -2.23. The molecule has 60 heavy (non-hydrogen) atoms. The number of phosphoric ester groups is 1. The fourth-order valence-corrected chi connectivity index (χ4v) is 7.52. The zero-order chi connectivity index (χ0) is 44.9. The summed E-state index contributed by atoms with van der Waals surface area (Å²) < 4.78 is 32.8. The number of aliphatic carboxylic acids is 1. The van der Waals surface area contributed by atoms with Crippen LogP contribution >= 0.6 is 19.6 Å². The fraction of sp³-hybridized carbons (Fsp3) is 0.750. The summed E-state index contributed by atoms with van der Waals surface area (Å²) in [5.74, 6) is -1.72. The van der Waals surface area contributed by atoms with Crippen molar-refractivity contribution in [1.29, 1.82) is 0 Å². The van der Waals surface area contributed by atoms with E-state index in [1.54, 1.807) is 18.2 Å². The van der Waals surface area contributed by atoms with Gasteiger partial charge in [0.1, 0.15) is 18.8 Å². The second-order valence-corrected chi connectivity index (χ2v) is 18.1. The number of thioether (sulfide) groups is 1. The van der Waals surface area contributed by atoms with Gasteiger partial charge in [-0.05, 0) is 44.4 Å². The number of unbranched alkanes of at least 4 members (excludes halogenated alkanes) is 11. The summed E-state index contributed by atoms with van der Waals surface area (Å²) in [6.07, 6.45) is 28.6. The lowest BCUT2D eigenvalue weighted by atomic mass is 10.0. The van der Waals surface area contributed by atoms with Gasteiger partial charge in [0.25, 0.3) is 0 Å². The molecule has 0 radical (unpaired) electrons. The predicted molar refractivity (Wildman–Crippen MR) is 238 cm³/mol. The quantitative estimate of drug-likeness (QED) is 0.0112. The number of esters is 2. The number of aliphatic hydroxyl groups excluding tert-OH is 3. The molecule has 0 aromatic heterocycles. The van der Waals surface area contributed by atoms with Gasteiger partial charge < -0.3 is 40.5 Å². The third kappa shape index (κ3) is 36.3. The summed E-state index contributed by atoms with van der Waals surface area (Å²) in [5.41, 5.74) is 6.18. The molecular weight excluding hydrogens is 814 g/mol. The topological polar surface area (TPSA) is 232 Å². The highest BCUT2D eigenvalue weighted by Gasteiger charge is 2.29. The van der Waals surface area contributed by atoms with Crippen LogP contribution in [-0.2, 0) is 37.5 Å². The Morgan fingerprint density at radius 2 is 1.42 bits per heavy atom. The molecule has 0 aromatic rings. The zero-order valence-corrected chi connectivity index (χ0v) is 38.2. The Hall–Kier alpha value is -2.33. The maximum absolute atomic E-state index is 13.1. The fourth-order valence-electron chi connectivity index (χ4n) is 5.60. The average molecular weight is 892 g/mol. The number of nitrogens with two attached hydrogens (primary N) is 1. The van der Waals surface area contributed by atoms with Crippen molar-refractivity contribution in [3.63, 3.8) is 0 Å². The normalized spacial score (nSPS) is 15.8. The molecule has 14 nitrogen and oxygen atoms in total. The van der Waals surface area contributed by atoms with E-state index in [9.17, 15) is 34.1 Å². The Bertz CT molecular complexity index is 1280. The molecule has 0 amide bonds. The van der Waals surface area contributed by atoms with E-state index in [1.165, 1.54) is 63.1 Å². The number of ether oxygens (including phenoxy) is 2. The molecule has 0 fully saturated rings. The minimum absolute atomic E-state index is 0.0236. The highest BCUT2D eigenvalue weighted by atomic mass is 32.2. The monoisotopic (exact) mass is 891 g/mol. The minimum atomic E-state index is -4.78. The van der Waals surface area contributed by atoms with Crippen LogP contribution in [0.4, 0.5) is 0 Å². The number of hydrogen-bond donors (Lipinski definition) is 6. The lowest BCUT2D eigenvalue weighted by Crippen LogP contribution is -2.40. The molecule has 348 valence electrons. The van der Waals surface area contributed by atoms with Crippen molar-refractivity contribution in [3.05, 3.63) is 48.6 Å². The standard InChI is InChI=1S/C44H78NO13PS/c1-4-5-6-7-8-9-10-11-14-17-20-23-28-41(40(48)27-25-29-42(49)50)60-35-39(45)44(52)58-38(34-57-59(53,54)56-32-37(47)31-46)33-55-43(51)30-24-21-18-15-12-13-16-19-22-26-36(2)3/h8-9,11,14,17,20,23,28,36-41,46-48H,4-7,10,12-13,15-16,18-19,21-22,24-27,29-35,45H2,1-3H3,(H,49,50)(H,53,54)/b9-8-,14-11-,20-17+,28-23+/t37-,38+,39-,40-,41+/m0/s1. The third-order valence-corrected chi connectivity index (χ3v) is 11.5. The van der Waals surface area contributed by atoms with Crippen molar-refractivity contribution in [2.45, 2.75) is 172 Å². The highest BCUT2D eigenvalue weighted by Crippen LogP contribution is 2.43. The van der Waals surface area contributed by atoms with Gasteiger partial charge in [-0.15, -0.1) is 11.8 Å². The number of carboxylic acids is 1. The number of aliphatic hydroxyl groups is 3. The van der Waals surface area contributed by atoms with E-state index in [4.69, 9.17) is 29.9 Å². The maximum Gasteiger partial charge on any atom is 0.472 e. The number of allylic oxidation sites excluding steroid dienone is 7. The summed E-state index contributed by atoms with van der Waals surface area (Å²) in [4.78, 5) is 46.8. The van der Waals surface area contributed by atoms with Crippen LogP contribution in [0.25, 0.3) is 0 Å². The molecule has 0 saturated heterocycles. The summed E-state index contributed by atoms with van der Waals surface area (Å²) in [6, 6.07) is -1.24. The zero-order valence-electron chi connectivity index (χ0n) is 36.5. The Balaban J connectivity index is 5.29. The molecular formula is C44H78NO13PS. The van der Waals surface area contributed by atoms with E-state index < -0.39 is 81.8 Å². The molecule has 0 aromatic carbocycles. The minimum Gasteiger partial charge on any atom is -0.481 e. The molecule has 0 rings (SSSR count). The Labute approximate surface area is 364 Å². The van der Waals surface area contributed by atoms with Crippen LogP contribution < -0.4 is 5.73 Å². The molecule has 0 aliphatic rings. The Morgan fingerprint density at radius 3 is 2.07 bits per heavy atom. The highest BCUT2D eigenvalue weighted by molar-refractivity contribution is 8.00. The van der Waals surface area contributed by atoms with Crippen LogP contribution in [-0.4, -0.2) is 105 Å². The number of carbonyl (C=O) groups excluding carboxylic acids is 2.